The number of carbonyl (C=O) groups excluding carboxylic acids is 1. The number of hydrogen-bond donors (Lipinski definition) is 2. The normalized spacial score (nSPS) is 19.6. The molecule has 0 unspecified atom stereocenters. The Balaban J connectivity index is 1.69. The molecular weight excluding hydrogens is 396 g/mol. The maximum absolute atomic E-state index is 13.1. The highest BCUT2D eigenvalue weighted by Gasteiger charge is 2.49. The molecule has 5 nitrogen and oxygen atoms in total. The number of carbonyl (C=O) groups is 1. The predicted octanol–water partition coefficient (Wildman–Crippen LogP) is 4.51. The van der Waals surface area contributed by atoms with Gasteiger partial charge in [0, 0.05) is 24.3 Å². The van der Waals surface area contributed by atoms with Crippen molar-refractivity contribution in [3.8, 4) is 10.6 Å². The molecule has 2 fully saturated rings. The van der Waals surface area contributed by atoms with Crippen LogP contribution in [0.2, 0.25) is 4.34 Å². The van der Waals surface area contributed by atoms with Gasteiger partial charge in [-0.25, -0.2) is 8.78 Å². The Hall–Kier alpha value is -1.51. The van der Waals surface area contributed by atoms with Crippen LogP contribution in [-0.2, 0) is 11.3 Å². The van der Waals surface area contributed by atoms with Crippen molar-refractivity contribution in [3.63, 3.8) is 0 Å². The third kappa shape index (κ3) is 3.62. The Morgan fingerprint density at radius 1 is 1.41 bits per heavy atom. The molecule has 2 aliphatic carbocycles. The number of nitrogens with zero attached hydrogens (tertiary/aromatic N) is 2. The number of aromatic nitrogens is 2. The summed E-state index contributed by atoms with van der Waals surface area (Å²) in [5.41, 5.74) is 1.77. The summed E-state index contributed by atoms with van der Waals surface area (Å²) in [4.78, 5) is 13.3. The number of nitrogens with one attached hydrogen (secondary N) is 1. The molecule has 2 aliphatic rings. The number of hydrogen-bond acceptors (Lipinski definition) is 4. The maximum atomic E-state index is 13.1. The van der Waals surface area contributed by atoms with E-state index in [9.17, 15) is 18.7 Å². The van der Waals surface area contributed by atoms with E-state index in [2.05, 4.69) is 10.4 Å². The first-order valence-corrected chi connectivity index (χ1v) is 10.2. The van der Waals surface area contributed by atoms with Gasteiger partial charge in [-0.1, -0.05) is 18.0 Å². The molecule has 1 amide bonds. The Labute approximate surface area is 164 Å². The van der Waals surface area contributed by atoms with Gasteiger partial charge in [0.2, 0.25) is 11.8 Å². The van der Waals surface area contributed by atoms with E-state index in [-0.39, 0.29) is 19.1 Å². The molecule has 2 aromatic heterocycles. The van der Waals surface area contributed by atoms with Gasteiger partial charge in [-0.3, -0.25) is 9.48 Å². The van der Waals surface area contributed by atoms with Gasteiger partial charge in [-0.2, -0.15) is 5.10 Å². The molecule has 0 spiro atoms. The number of anilines is 1. The molecule has 9 heteroatoms. The lowest BCUT2D eigenvalue weighted by atomic mass is 9.79. The van der Waals surface area contributed by atoms with Gasteiger partial charge in [0.25, 0.3) is 0 Å². The number of aliphatic hydroxyl groups excluding tert-OH is 1. The molecule has 0 bridgehead atoms. The van der Waals surface area contributed by atoms with Crippen molar-refractivity contribution in [2.45, 2.75) is 50.5 Å². The number of amides is 1. The standard InChI is InChI=1S/C18H20ClF2N3O2S/c19-13-5-4-12(27-13)15-14(10-2-1-3-10)16(23-24(15)6-7-25)22-17(26)11-8-18(20,21)9-11/h4-5,10-11,25H,1-3,6-9H2,(H,22,23,26). The second kappa shape index (κ2) is 7.14. The van der Waals surface area contributed by atoms with Gasteiger partial charge in [0.1, 0.15) is 0 Å². The van der Waals surface area contributed by atoms with Crippen LogP contribution in [0.15, 0.2) is 12.1 Å². The zero-order valence-corrected chi connectivity index (χ0v) is 16.1. The van der Waals surface area contributed by atoms with E-state index in [1.165, 1.54) is 11.3 Å². The van der Waals surface area contributed by atoms with Crippen molar-refractivity contribution < 1.29 is 18.7 Å². The van der Waals surface area contributed by atoms with E-state index in [0.29, 0.717) is 10.2 Å². The van der Waals surface area contributed by atoms with Crippen LogP contribution in [0.1, 0.15) is 43.6 Å². The second-order valence-electron chi connectivity index (χ2n) is 7.24. The minimum atomic E-state index is -2.74. The molecule has 4 rings (SSSR count). The first-order chi connectivity index (χ1) is 12.9. The SMILES string of the molecule is O=C(Nc1nn(CCO)c(-c2ccc(Cl)s2)c1C1CCC1)C1CC(F)(F)C1. The van der Waals surface area contributed by atoms with E-state index in [1.54, 1.807) is 10.7 Å². The molecule has 0 radical (unpaired) electrons. The van der Waals surface area contributed by atoms with Crippen molar-refractivity contribution in [1.82, 2.24) is 9.78 Å². The summed E-state index contributed by atoms with van der Waals surface area (Å²) in [6, 6.07) is 3.70. The summed E-state index contributed by atoms with van der Waals surface area (Å²) >= 11 is 7.52. The molecule has 2 saturated carbocycles. The first kappa shape index (κ1) is 18.8. The average Bonchev–Trinajstić information content (AvgIpc) is 3.08. The predicted molar refractivity (Wildman–Crippen MR) is 101 cm³/mol. The van der Waals surface area contributed by atoms with Crippen LogP contribution < -0.4 is 5.32 Å². The van der Waals surface area contributed by atoms with Crippen LogP contribution in [-0.4, -0.2) is 33.3 Å². The fourth-order valence-electron chi connectivity index (χ4n) is 3.68. The first-order valence-electron chi connectivity index (χ1n) is 9.04. The highest BCUT2D eigenvalue weighted by molar-refractivity contribution is 7.19. The van der Waals surface area contributed by atoms with Crippen LogP contribution in [0.4, 0.5) is 14.6 Å². The zero-order valence-electron chi connectivity index (χ0n) is 14.6. The molecule has 2 aromatic rings. The minimum Gasteiger partial charge on any atom is -0.394 e. The number of rotatable bonds is 6. The third-order valence-corrected chi connectivity index (χ3v) is 6.56. The summed E-state index contributed by atoms with van der Waals surface area (Å²) in [6.07, 6.45) is 2.25. The molecule has 27 heavy (non-hydrogen) atoms. The zero-order chi connectivity index (χ0) is 19.2. The van der Waals surface area contributed by atoms with Gasteiger partial charge in [0.15, 0.2) is 5.82 Å². The van der Waals surface area contributed by atoms with Crippen LogP contribution in [0, 0.1) is 5.92 Å². The van der Waals surface area contributed by atoms with E-state index in [1.807, 2.05) is 6.07 Å². The van der Waals surface area contributed by atoms with E-state index < -0.39 is 30.6 Å². The summed E-state index contributed by atoms with van der Waals surface area (Å²) in [5, 5.41) is 16.7. The lowest BCUT2D eigenvalue weighted by Crippen LogP contribution is -2.42. The van der Waals surface area contributed by atoms with Gasteiger partial charge >= 0.3 is 0 Å². The quantitative estimate of drug-likeness (QED) is 0.729. The van der Waals surface area contributed by atoms with Gasteiger partial charge < -0.3 is 10.4 Å². The fourth-order valence-corrected chi connectivity index (χ4v) is 4.78. The molecule has 0 saturated heterocycles. The molecule has 2 N–H and O–H groups in total. The lowest BCUT2D eigenvalue weighted by molar-refractivity contribution is -0.145. The Morgan fingerprint density at radius 3 is 2.67 bits per heavy atom. The molecule has 146 valence electrons. The van der Waals surface area contributed by atoms with Gasteiger partial charge in [-0.15, -0.1) is 11.3 Å². The number of aliphatic hydroxyl groups is 1. The Bertz CT molecular complexity index is 855. The number of alkyl halides is 2. The third-order valence-electron chi connectivity index (χ3n) is 5.32. The highest BCUT2D eigenvalue weighted by atomic mass is 35.5. The van der Waals surface area contributed by atoms with Crippen LogP contribution in [0.25, 0.3) is 10.6 Å². The Kier molecular flexibility index (Phi) is 4.98. The van der Waals surface area contributed by atoms with Crippen LogP contribution >= 0.6 is 22.9 Å². The average molecular weight is 416 g/mol. The van der Waals surface area contributed by atoms with Crippen LogP contribution in [0.5, 0.6) is 0 Å². The Morgan fingerprint density at radius 2 is 2.15 bits per heavy atom. The summed E-state index contributed by atoms with van der Waals surface area (Å²) < 4.78 is 28.5. The molecule has 2 heterocycles. The van der Waals surface area contributed by atoms with Crippen molar-refractivity contribution in [2.24, 2.45) is 5.92 Å². The highest BCUT2D eigenvalue weighted by Crippen LogP contribution is 2.47. The molecule has 0 aliphatic heterocycles. The molecule has 0 aromatic carbocycles. The van der Waals surface area contributed by atoms with Crippen molar-refractivity contribution in [2.75, 3.05) is 11.9 Å². The smallest absolute Gasteiger partial charge is 0.249 e. The number of thiophene rings is 1. The monoisotopic (exact) mass is 415 g/mol. The lowest BCUT2D eigenvalue weighted by Gasteiger charge is -2.33. The second-order valence-corrected chi connectivity index (χ2v) is 8.95. The summed E-state index contributed by atoms with van der Waals surface area (Å²) in [7, 11) is 0. The summed E-state index contributed by atoms with van der Waals surface area (Å²) in [5.74, 6) is -3.16. The largest absolute Gasteiger partial charge is 0.394 e. The van der Waals surface area contributed by atoms with Crippen molar-refractivity contribution in [3.05, 3.63) is 22.0 Å². The summed E-state index contributed by atoms with van der Waals surface area (Å²) in [6.45, 7) is 0.183. The van der Waals surface area contributed by atoms with Crippen molar-refractivity contribution in [1.29, 1.82) is 0 Å². The van der Waals surface area contributed by atoms with Crippen molar-refractivity contribution >= 4 is 34.7 Å². The van der Waals surface area contributed by atoms with Crippen LogP contribution in [0.3, 0.4) is 0 Å². The van der Waals surface area contributed by atoms with E-state index in [0.717, 1.165) is 35.4 Å². The molecular formula is C18H20ClF2N3O2S. The topological polar surface area (TPSA) is 67.2 Å². The number of halogens is 3. The van der Waals surface area contributed by atoms with Gasteiger partial charge in [-0.05, 0) is 30.9 Å². The van der Waals surface area contributed by atoms with E-state index in [4.69, 9.17) is 11.6 Å². The van der Waals surface area contributed by atoms with Gasteiger partial charge in [0.05, 0.1) is 28.1 Å². The maximum Gasteiger partial charge on any atom is 0.249 e. The minimum absolute atomic E-state index is 0.0971. The van der Waals surface area contributed by atoms with E-state index >= 15 is 0 Å². The fraction of sp³-hybridized carbons (Fsp3) is 0.556. The molecule has 0 atom stereocenters.